The molecule has 0 heterocycles. The number of halogens is 1. The maximum absolute atomic E-state index is 13.0. The van der Waals surface area contributed by atoms with E-state index >= 15 is 0 Å². The Morgan fingerprint density at radius 2 is 2.18 bits per heavy atom. The van der Waals surface area contributed by atoms with Gasteiger partial charge in [-0.1, -0.05) is 13.0 Å². The smallest absolute Gasteiger partial charge is 0.125 e. The Balaban J connectivity index is 1.74. The molecule has 1 saturated carbocycles. The molecular weight excluding hydrogens is 215 g/mol. The zero-order valence-electron chi connectivity index (χ0n) is 10.5. The summed E-state index contributed by atoms with van der Waals surface area (Å²) in [5, 5.41) is 3.28. The number of anilines is 1. The van der Waals surface area contributed by atoms with Crippen LogP contribution in [0.15, 0.2) is 24.3 Å². The summed E-state index contributed by atoms with van der Waals surface area (Å²) in [6, 6.07) is 7.47. The van der Waals surface area contributed by atoms with Gasteiger partial charge >= 0.3 is 0 Å². The average molecular weight is 236 g/mol. The Bertz CT molecular complexity index is 350. The van der Waals surface area contributed by atoms with E-state index in [-0.39, 0.29) is 5.82 Å². The highest BCUT2D eigenvalue weighted by molar-refractivity contribution is 5.42. The standard InChI is InChI=1S/C14H21FN2/c1-2-9-17(14-6-7-14)10-8-16-13-5-3-4-12(15)11-13/h3-5,11,14,16H,2,6-10H2,1H3. The van der Waals surface area contributed by atoms with Crippen molar-refractivity contribution in [2.24, 2.45) is 0 Å². The van der Waals surface area contributed by atoms with Gasteiger partial charge in [0.2, 0.25) is 0 Å². The van der Waals surface area contributed by atoms with E-state index in [1.165, 1.54) is 31.9 Å². The predicted molar refractivity (Wildman–Crippen MR) is 69.8 cm³/mol. The second-order valence-electron chi connectivity index (χ2n) is 4.70. The summed E-state index contributed by atoms with van der Waals surface area (Å²) in [6.45, 7) is 5.33. The Morgan fingerprint density at radius 1 is 1.35 bits per heavy atom. The normalized spacial score (nSPS) is 15.2. The van der Waals surface area contributed by atoms with Gasteiger partial charge in [-0.2, -0.15) is 0 Å². The van der Waals surface area contributed by atoms with E-state index in [1.807, 2.05) is 6.07 Å². The second-order valence-corrected chi connectivity index (χ2v) is 4.70. The van der Waals surface area contributed by atoms with Crippen LogP contribution in [0.2, 0.25) is 0 Å². The molecular formula is C14H21FN2. The molecule has 0 atom stereocenters. The second kappa shape index (κ2) is 6.01. The molecule has 2 rings (SSSR count). The fraction of sp³-hybridized carbons (Fsp3) is 0.571. The molecule has 3 heteroatoms. The van der Waals surface area contributed by atoms with Crippen LogP contribution in [0, 0.1) is 5.82 Å². The van der Waals surface area contributed by atoms with Crippen molar-refractivity contribution in [1.29, 1.82) is 0 Å². The predicted octanol–water partition coefficient (Wildman–Crippen LogP) is 3.11. The van der Waals surface area contributed by atoms with Gasteiger partial charge in [0.25, 0.3) is 0 Å². The van der Waals surface area contributed by atoms with E-state index < -0.39 is 0 Å². The Kier molecular flexibility index (Phi) is 4.37. The molecule has 1 aromatic carbocycles. The van der Waals surface area contributed by atoms with E-state index in [0.717, 1.165) is 24.8 Å². The van der Waals surface area contributed by atoms with Gasteiger partial charge in [-0.15, -0.1) is 0 Å². The Hall–Kier alpha value is -1.09. The first-order chi connectivity index (χ1) is 8.29. The molecule has 0 bridgehead atoms. The minimum Gasteiger partial charge on any atom is -0.384 e. The first kappa shape index (κ1) is 12.4. The highest BCUT2D eigenvalue weighted by Crippen LogP contribution is 2.26. The zero-order valence-corrected chi connectivity index (χ0v) is 10.5. The van der Waals surface area contributed by atoms with Crippen LogP contribution in [0.5, 0.6) is 0 Å². The molecule has 2 nitrogen and oxygen atoms in total. The first-order valence-electron chi connectivity index (χ1n) is 6.53. The van der Waals surface area contributed by atoms with Crippen LogP contribution < -0.4 is 5.32 Å². The number of hydrogen-bond acceptors (Lipinski definition) is 2. The van der Waals surface area contributed by atoms with Gasteiger partial charge in [0, 0.05) is 24.8 Å². The molecule has 0 aliphatic heterocycles. The summed E-state index contributed by atoms with van der Waals surface area (Å²) in [5.41, 5.74) is 0.872. The minimum absolute atomic E-state index is 0.178. The third-order valence-electron chi connectivity index (χ3n) is 3.13. The molecule has 0 unspecified atom stereocenters. The van der Waals surface area contributed by atoms with Gasteiger partial charge < -0.3 is 5.32 Å². The minimum atomic E-state index is -0.178. The van der Waals surface area contributed by atoms with Crippen molar-refractivity contribution in [3.63, 3.8) is 0 Å². The van der Waals surface area contributed by atoms with Crippen molar-refractivity contribution in [2.75, 3.05) is 25.0 Å². The van der Waals surface area contributed by atoms with Gasteiger partial charge in [-0.25, -0.2) is 4.39 Å². The van der Waals surface area contributed by atoms with Crippen LogP contribution in [0.25, 0.3) is 0 Å². The van der Waals surface area contributed by atoms with Gasteiger partial charge in [-0.05, 0) is 44.0 Å². The third-order valence-corrected chi connectivity index (χ3v) is 3.13. The summed E-state index contributed by atoms with van der Waals surface area (Å²) < 4.78 is 13.0. The van der Waals surface area contributed by atoms with Crippen LogP contribution in [0.4, 0.5) is 10.1 Å². The lowest BCUT2D eigenvalue weighted by molar-refractivity contribution is 0.274. The molecule has 1 aliphatic rings. The monoisotopic (exact) mass is 236 g/mol. The fourth-order valence-corrected chi connectivity index (χ4v) is 2.15. The van der Waals surface area contributed by atoms with Crippen LogP contribution in [-0.4, -0.2) is 30.6 Å². The topological polar surface area (TPSA) is 15.3 Å². The summed E-state index contributed by atoms with van der Waals surface area (Å²) in [5.74, 6) is -0.178. The number of benzene rings is 1. The highest BCUT2D eigenvalue weighted by atomic mass is 19.1. The van der Waals surface area contributed by atoms with E-state index in [1.54, 1.807) is 12.1 Å². The summed E-state index contributed by atoms with van der Waals surface area (Å²) in [4.78, 5) is 2.53. The Morgan fingerprint density at radius 3 is 2.82 bits per heavy atom. The van der Waals surface area contributed by atoms with Crippen LogP contribution in [0.3, 0.4) is 0 Å². The lowest BCUT2D eigenvalue weighted by Gasteiger charge is -2.21. The molecule has 0 spiro atoms. The number of rotatable bonds is 7. The average Bonchev–Trinajstić information content (AvgIpc) is 3.12. The quantitative estimate of drug-likeness (QED) is 0.782. The third kappa shape index (κ3) is 4.00. The number of hydrogen-bond donors (Lipinski definition) is 1. The summed E-state index contributed by atoms with van der Waals surface area (Å²) in [7, 11) is 0. The molecule has 1 aromatic rings. The van der Waals surface area contributed by atoms with Crippen molar-refractivity contribution in [1.82, 2.24) is 4.90 Å². The molecule has 0 saturated heterocycles. The van der Waals surface area contributed by atoms with Crippen LogP contribution in [-0.2, 0) is 0 Å². The molecule has 1 N–H and O–H groups in total. The van der Waals surface area contributed by atoms with Crippen LogP contribution in [0.1, 0.15) is 26.2 Å². The molecule has 1 fully saturated rings. The first-order valence-corrected chi connectivity index (χ1v) is 6.53. The Labute approximate surface area is 103 Å². The molecule has 0 aromatic heterocycles. The van der Waals surface area contributed by atoms with E-state index in [0.29, 0.717) is 0 Å². The summed E-state index contributed by atoms with van der Waals surface area (Å²) in [6.07, 6.45) is 3.90. The lowest BCUT2D eigenvalue weighted by Crippen LogP contribution is -2.31. The SMILES string of the molecule is CCCN(CCNc1cccc(F)c1)C1CC1. The van der Waals surface area contributed by atoms with Crippen LogP contribution >= 0.6 is 0 Å². The van der Waals surface area contributed by atoms with Crippen molar-refractivity contribution >= 4 is 5.69 Å². The van der Waals surface area contributed by atoms with Crippen molar-refractivity contribution < 1.29 is 4.39 Å². The van der Waals surface area contributed by atoms with Gasteiger partial charge in [0.15, 0.2) is 0 Å². The zero-order chi connectivity index (χ0) is 12.1. The lowest BCUT2D eigenvalue weighted by atomic mass is 10.3. The van der Waals surface area contributed by atoms with E-state index in [9.17, 15) is 4.39 Å². The fourth-order valence-electron chi connectivity index (χ4n) is 2.15. The number of nitrogens with zero attached hydrogens (tertiary/aromatic N) is 1. The molecule has 0 radical (unpaired) electrons. The van der Waals surface area contributed by atoms with E-state index in [2.05, 4.69) is 17.1 Å². The highest BCUT2D eigenvalue weighted by Gasteiger charge is 2.27. The number of nitrogens with one attached hydrogen (secondary N) is 1. The largest absolute Gasteiger partial charge is 0.384 e. The molecule has 0 amide bonds. The van der Waals surface area contributed by atoms with Crippen molar-refractivity contribution in [2.45, 2.75) is 32.2 Å². The maximum Gasteiger partial charge on any atom is 0.125 e. The van der Waals surface area contributed by atoms with E-state index in [4.69, 9.17) is 0 Å². The van der Waals surface area contributed by atoms with Gasteiger partial charge in [0.1, 0.15) is 5.82 Å². The van der Waals surface area contributed by atoms with Crippen molar-refractivity contribution in [3.05, 3.63) is 30.1 Å². The molecule has 1 aliphatic carbocycles. The van der Waals surface area contributed by atoms with Gasteiger partial charge in [0.05, 0.1) is 0 Å². The summed E-state index contributed by atoms with van der Waals surface area (Å²) >= 11 is 0. The molecule has 94 valence electrons. The van der Waals surface area contributed by atoms with Gasteiger partial charge in [-0.3, -0.25) is 4.90 Å². The van der Waals surface area contributed by atoms with Crippen molar-refractivity contribution in [3.8, 4) is 0 Å². The maximum atomic E-state index is 13.0. The molecule has 17 heavy (non-hydrogen) atoms.